The molecule has 1 rings (SSSR count). The highest BCUT2D eigenvalue weighted by Crippen LogP contribution is 2.25. The summed E-state index contributed by atoms with van der Waals surface area (Å²) in [6.07, 6.45) is 31.1. The monoisotopic (exact) mass is 722 g/mol. The Bertz CT molecular complexity index is 883. The number of rotatable bonds is 34. The molecule has 1 fully saturated rings. The molecule has 0 aromatic carbocycles. The molecule has 0 unspecified atom stereocenters. The standard InChI is InChI=1S/C41H79N5O5/c1-2-3-4-5-6-7-8-9-11-14-20-28-38(48)43-32-24-16-13-10-12-15-21-29-39(49)45-37(34-47)41(51)46-36(27-22-23-31-42)40(50)44-33-30-35-25-18-17-19-26-35/h35-37,47H,2-34,42H2,1H3,(H,43,48)(H,44,50)(H,45,49)(H,46,51)/t36-,37-/m0/s1. The Labute approximate surface area is 311 Å². The Hall–Kier alpha value is -2.20. The lowest BCUT2D eigenvalue weighted by molar-refractivity contribution is -0.133. The molecule has 1 saturated carbocycles. The number of carbonyl (C=O) groups is 4. The minimum atomic E-state index is -1.09. The molecule has 1 aliphatic rings. The van der Waals surface area contributed by atoms with Gasteiger partial charge in [0, 0.05) is 25.9 Å². The molecule has 10 nitrogen and oxygen atoms in total. The van der Waals surface area contributed by atoms with Crippen LogP contribution < -0.4 is 27.0 Å². The van der Waals surface area contributed by atoms with Crippen molar-refractivity contribution in [2.24, 2.45) is 11.7 Å². The second-order valence-corrected chi connectivity index (χ2v) is 15.1. The second-order valence-electron chi connectivity index (χ2n) is 15.1. The molecule has 0 aromatic rings. The molecule has 51 heavy (non-hydrogen) atoms. The zero-order valence-electron chi connectivity index (χ0n) is 32.7. The first kappa shape index (κ1) is 46.8. The van der Waals surface area contributed by atoms with Crippen LogP contribution in [0.4, 0.5) is 0 Å². The van der Waals surface area contributed by atoms with Crippen LogP contribution in [0.25, 0.3) is 0 Å². The highest BCUT2D eigenvalue weighted by molar-refractivity contribution is 5.92. The van der Waals surface area contributed by atoms with Crippen molar-refractivity contribution in [1.82, 2.24) is 21.3 Å². The predicted octanol–water partition coefficient (Wildman–Crippen LogP) is 7.10. The van der Waals surface area contributed by atoms with Crippen molar-refractivity contribution in [3.8, 4) is 0 Å². The molecule has 4 amide bonds. The number of unbranched alkanes of at least 4 members (excludes halogenated alkanes) is 17. The number of amides is 4. The smallest absolute Gasteiger partial charge is 0.245 e. The molecule has 0 saturated heterocycles. The molecular formula is C41H79N5O5. The van der Waals surface area contributed by atoms with Crippen molar-refractivity contribution in [3.05, 3.63) is 0 Å². The molecule has 7 N–H and O–H groups in total. The summed E-state index contributed by atoms with van der Waals surface area (Å²) in [6, 6.07) is -1.82. The van der Waals surface area contributed by atoms with E-state index in [1.165, 1.54) is 89.9 Å². The number of nitrogens with two attached hydrogens (primary N) is 1. The molecule has 2 atom stereocenters. The number of hydrogen-bond donors (Lipinski definition) is 6. The van der Waals surface area contributed by atoms with Crippen LogP contribution in [0.3, 0.4) is 0 Å². The first-order chi connectivity index (χ1) is 24.9. The fourth-order valence-corrected chi connectivity index (χ4v) is 7.05. The van der Waals surface area contributed by atoms with Gasteiger partial charge in [0.25, 0.3) is 0 Å². The highest BCUT2D eigenvalue weighted by Gasteiger charge is 2.26. The fourth-order valence-electron chi connectivity index (χ4n) is 7.05. The fraction of sp³-hybridized carbons (Fsp3) is 0.902. The summed E-state index contributed by atoms with van der Waals surface area (Å²) in [5.74, 6) is -0.213. The Morgan fingerprint density at radius 3 is 1.71 bits per heavy atom. The largest absolute Gasteiger partial charge is 0.394 e. The van der Waals surface area contributed by atoms with E-state index in [2.05, 4.69) is 28.2 Å². The van der Waals surface area contributed by atoms with Crippen molar-refractivity contribution < 1.29 is 24.3 Å². The van der Waals surface area contributed by atoms with E-state index in [0.717, 1.165) is 70.8 Å². The lowest BCUT2D eigenvalue weighted by Crippen LogP contribution is -2.55. The molecular weight excluding hydrogens is 642 g/mol. The highest BCUT2D eigenvalue weighted by atomic mass is 16.3. The van der Waals surface area contributed by atoms with Gasteiger partial charge in [-0.1, -0.05) is 135 Å². The summed E-state index contributed by atoms with van der Waals surface area (Å²) in [4.78, 5) is 50.5. The average molecular weight is 722 g/mol. The molecule has 0 radical (unpaired) electrons. The van der Waals surface area contributed by atoms with Gasteiger partial charge in [0.2, 0.25) is 23.6 Å². The molecule has 1 aliphatic carbocycles. The maximum absolute atomic E-state index is 13.0. The van der Waals surface area contributed by atoms with Crippen LogP contribution in [0.5, 0.6) is 0 Å². The molecule has 0 aromatic heterocycles. The van der Waals surface area contributed by atoms with E-state index < -0.39 is 24.6 Å². The first-order valence-electron chi connectivity index (χ1n) is 21.4. The van der Waals surface area contributed by atoms with Gasteiger partial charge in [-0.3, -0.25) is 19.2 Å². The van der Waals surface area contributed by atoms with Gasteiger partial charge in [0.15, 0.2) is 0 Å². The third-order valence-corrected chi connectivity index (χ3v) is 10.4. The van der Waals surface area contributed by atoms with E-state index in [-0.39, 0.29) is 24.1 Å². The molecule has 0 aliphatic heterocycles. The van der Waals surface area contributed by atoms with Gasteiger partial charge < -0.3 is 32.1 Å². The van der Waals surface area contributed by atoms with Gasteiger partial charge in [-0.15, -0.1) is 0 Å². The van der Waals surface area contributed by atoms with E-state index in [9.17, 15) is 24.3 Å². The van der Waals surface area contributed by atoms with Crippen LogP contribution in [-0.4, -0.2) is 67.1 Å². The SMILES string of the molecule is CCCCCCCCCCCCCC(=O)NCCCCCCCCCC(=O)N[C@@H](CO)C(=O)N[C@@H](CCCCN)C(=O)NCCC1CCCCC1. The molecule has 10 heteroatoms. The summed E-state index contributed by atoms with van der Waals surface area (Å²) in [7, 11) is 0. The van der Waals surface area contributed by atoms with Gasteiger partial charge >= 0.3 is 0 Å². The number of nitrogens with one attached hydrogen (secondary N) is 4. The minimum absolute atomic E-state index is 0.179. The van der Waals surface area contributed by atoms with Crippen molar-refractivity contribution in [2.75, 3.05) is 26.2 Å². The summed E-state index contributed by atoms with van der Waals surface area (Å²) in [5.41, 5.74) is 5.64. The van der Waals surface area contributed by atoms with Gasteiger partial charge in [0.05, 0.1) is 6.61 Å². The maximum Gasteiger partial charge on any atom is 0.245 e. The van der Waals surface area contributed by atoms with Crippen molar-refractivity contribution >= 4 is 23.6 Å². The van der Waals surface area contributed by atoms with Crippen LogP contribution in [-0.2, 0) is 19.2 Å². The van der Waals surface area contributed by atoms with Gasteiger partial charge in [-0.2, -0.15) is 0 Å². The van der Waals surface area contributed by atoms with Crippen molar-refractivity contribution in [3.63, 3.8) is 0 Å². The van der Waals surface area contributed by atoms with E-state index >= 15 is 0 Å². The van der Waals surface area contributed by atoms with Crippen LogP contribution in [0, 0.1) is 5.92 Å². The molecule has 0 bridgehead atoms. The average Bonchev–Trinajstić information content (AvgIpc) is 3.13. The number of aliphatic hydroxyl groups excluding tert-OH is 1. The van der Waals surface area contributed by atoms with Crippen LogP contribution in [0.1, 0.15) is 193 Å². The quantitative estimate of drug-likeness (QED) is 0.0389. The summed E-state index contributed by atoms with van der Waals surface area (Å²) < 4.78 is 0. The molecule has 298 valence electrons. The number of hydrogen-bond acceptors (Lipinski definition) is 6. The third-order valence-electron chi connectivity index (χ3n) is 10.4. The molecule has 0 spiro atoms. The second kappa shape index (κ2) is 33.6. The normalized spacial score (nSPS) is 14.5. The number of aliphatic hydroxyl groups is 1. The number of carbonyl (C=O) groups excluding carboxylic acids is 4. The van der Waals surface area contributed by atoms with E-state index in [4.69, 9.17) is 5.73 Å². The van der Waals surface area contributed by atoms with Gasteiger partial charge in [0.1, 0.15) is 12.1 Å². The Balaban J connectivity index is 2.10. The van der Waals surface area contributed by atoms with E-state index in [0.29, 0.717) is 44.7 Å². The lowest BCUT2D eigenvalue weighted by atomic mass is 9.87. The zero-order valence-corrected chi connectivity index (χ0v) is 32.7. The van der Waals surface area contributed by atoms with E-state index in [1.54, 1.807) is 0 Å². The third kappa shape index (κ3) is 27.1. The first-order valence-corrected chi connectivity index (χ1v) is 21.4. The van der Waals surface area contributed by atoms with Crippen LogP contribution in [0.15, 0.2) is 0 Å². The molecule has 0 heterocycles. The van der Waals surface area contributed by atoms with Crippen LogP contribution >= 0.6 is 0 Å². The van der Waals surface area contributed by atoms with E-state index in [1.807, 2.05) is 0 Å². The van der Waals surface area contributed by atoms with Crippen LogP contribution in [0.2, 0.25) is 0 Å². The van der Waals surface area contributed by atoms with Gasteiger partial charge in [-0.25, -0.2) is 0 Å². The van der Waals surface area contributed by atoms with Gasteiger partial charge in [-0.05, 0) is 57.4 Å². The zero-order chi connectivity index (χ0) is 37.2. The minimum Gasteiger partial charge on any atom is -0.394 e. The lowest BCUT2D eigenvalue weighted by Gasteiger charge is -2.24. The predicted molar refractivity (Wildman–Crippen MR) is 209 cm³/mol. The Morgan fingerprint density at radius 1 is 0.588 bits per heavy atom. The Kier molecular flexibility index (Phi) is 30.9. The summed E-state index contributed by atoms with van der Waals surface area (Å²) in [5, 5.41) is 21.3. The summed E-state index contributed by atoms with van der Waals surface area (Å²) >= 11 is 0. The topological polar surface area (TPSA) is 163 Å². The maximum atomic E-state index is 13.0. The van der Waals surface area contributed by atoms with Crippen molar-refractivity contribution in [2.45, 2.75) is 205 Å². The Morgan fingerprint density at radius 2 is 1.14 bits per heavy atom. The summed E-state index contributed by atoms with van der Waals surface area (Å²) in [6.45, 7) is 3.57. The van der Waals surface area contributed by atoms with Crippen molar-refractivity contribution in [1.29, 1.82) is 0 Å².